The van der Waals surface area contributed by atoms with E-state index in [4.69, 9.17) is 4.74 Å². The number of methoxy groups -OCH3 is 1. The average molecular weight is 310 g/mol. The third-order valence-electron chi connectivity index (χ3n) is 4.52. The molecule has 0 atom stereocenters. The van der Waals surface area contributed by atoms with Gasteiger partial charge in [0.05, 0.1) is 18.7 Å². The Morgan fingerprint density at radius 3 is 2.83 bits per heavy atom. The summed E-state index contributed by atoms with van der Waals surface area (Å²) in [5.41, 5.74) is 1.70. The van der Waals surface area contributed by atoms with E-state index in [1.165, 1.54) is 0 Å². The topological polar surface area (TPSA) is 52.3 Å². The van der Waals surface area contributed by atoms with Gasteiger partial charge in [0.15, 0.2) is 0 Å². The molecular weight excluding hydrogens is 292 g/mol. The largest absolute Gasteiger partial charge is 0.497 e. The zero-order valence-electron chi connectivity index (χ0n) is 13.1. The Balaban J connectivity index is 1.57. The van der Waals surface area contributed by atoms with Crippen LogP contribution in [-0.4, -0.2) is 45.4 Å². The van der Waals surface area contributed by atoms with Gasteiger partial charge in [-0.1, -0.05) is 0 Å². The molecule has 0 aliphatic carbocycles. The Morgan fingerprint density at radius 2 is 2.13 bits per heavy atom. The predicted octanol–water partition coefficient (Wildman–Crippen LogP) is 2.08. The van der Waals surface area contributed by atoms with Crippen molar-refractivity contribution in [1.29, 1.82) is 0 Å². The molecule has 1 aliphatic rings. The van der Waals surface area contributed by atoms with E-state index in [0.29, 0.717) is 18.8 Å². The minimum absolute atomic E-state index is 0.0612. The van der Waals surface area contributed by atoms with Gasteiger partial charge in [0.25, 0.3) is 5.91 Å². The molecule has 0 N–H and O–H groups in total. The van der Waals surface area contributed by atoms with Crippen molar-refractivity contribution in [1.82, 2.24) is 19.2 Å². The smallest absolute Gasteiger partial charge is 0.270 e. The average Bonchev–Trinajstić information content (AvgIpc) is 3.14. The van der Waals surface area contributed by atoms with Crippen LogP contribution in [0.2, 0.25) is 0 Å². The molecule has 0 saturated carbocycles. The molecule has 2 aromatic heterocycles. The highest BCUT2D eigenvalue weighted by atomic mass is 16.5. The van der Waals surface area contributed by atoms with E-state index >= 15 is 0 Å². The van der Waals surface area contributed by atoms with Crippen molar-refractivity contribution >= 4 is 16.8 Å². The lowest BCUT2D eigenvalue weighted by Gasteiger charge is -2.39. The standard InChI is InChI=1S/C17H18N4O2/c1-19-15-9-14(23-2)5-4-12(15)8-16(19)17(22)20-10-13(11-20)21-7-3-6-18-21/h3-9,13H,10-11H2,1-2H3. The molecule has 1 aliphatic heterocycles. The summed E-state index contributed by atoms with van der Waals surface area (Å²) in [4.78, 5) is 14.6. The maximum Gasteiger partial charge on any atom is 0.270 e. The van der Waals surface area contributed by atoms with Crippen LogP contribution in [0.15, 0.2) is 42.7 Å². The van der Waals surface area contributed by atoms with Crippen LogP contribution in [0.5, 0.6) is 5.75 Å². The van der Waals surface area contributed by atoms with E-state index in [-0.39, 0.29) is 11.9 Å². The van der Waals surface area contributed by atoms with Gasteiger partial charge in [-0.15, -0.1) is 0 Å². The molecule has 118 valence electrons. The van der Waals surface area contributed by atoms with Crippen LogP contribution in [0.4, 0.5) is 0 Å². The second kappa shape index (κ2) is 5.15. The molecule has 1 aromatic carbocycles. The number of hydrogen-bond acceptors (Lipinski definition) is 3. The van der Waals surface area contributed by atoms with Gasteiger partial charge in [0, 0.05) is 44.0 Å². The molecule has 0 unspecified atom stereocenters. The summed E-state index contributed by atoms with van der Waals surface area (Å²) in [5.74, 6) is 0.853. The number of benzene rings is 1. The summed E-state index contributed by atoms with van der Waals surface area (Å²) in [7, 11) is 3.56. The second-order valence-electron chi connectivity index (χ2n) is 5.86. The van der Waals surface area contributed by atoms with Crippen molar-refractivity contribution in [2.45, 2.75) is 6.04 Å². The van der Waals surface area contributed by atoms with Gasteiger partial charge in [0.1, 0.15) is 11.4 Å². The first-order chi connectivity index (χ1) is 11.2. The van der Waals surface area contributed by atoms with Gasteiger partial charge in [0.2, 0.25) is 0 Å². The Morgan fingerprint density at radius 1 is 1.30 bits per heavy atom. The van der Waals surface area contributed by atoms with Crippen LogP contribution in [0.25, 0.3) is 10.9 Å². The molecule has 0 bridgehead atoms. The second-order valence-corrected chi connectivity index (χ2v) is 5.86. The minimum atomic E-state index is 0.0612. The molecule has 23 heavy (non-hydrogen) atoms. The van der Waals surface area contributed by atoms with Crippen molar-refractivity contribution in [3.63, 3.8) is 0 Å². The van der Waals surface area contributed by atoms with E-state index in [1.807, 2.05) is 57.7 Å². The quantitative estimate of drug-likeness (QED) is 0.744. The maximum absolute atomic E-state index is 12.7. The molecule has 1 amide bonds. The fourth-order valence-corrected chi connectivity index (χ4v) is 3.09. The van der Waals surface area contributed by atoms with Crippen molar-refractivity contribution in [2.24, 2.45) is 7.05 Å². The highest BCUT2D eigenvalue weighted by Gasteiger charge is 2.33. The first-order valence-corrected chi connectivity index (χ1v) is 7.59. The summed E-state index contributed by atoms with van der Waals surface area (Å²) in [5, 5.41) is 5.28. The van der Waals surface area contributed by atoms with Gasteiger partial charge in [-0.05, 0) is 24.3 Å². The van der Waals surface area contributed by atoms with Crippen LogP contribution < -0.4 is 4.74 Å². The lowest BCUT2D eigenvalue weighted by atomic mass is 10.1. The monoisotopic (exact) mass is 310 g/mol. The van der Waals surface area contributed by atoms with Gasteiger partial charge < -0.3 is 14.2 Å². The predicted molar refractivity (Wildman–Crippen MR) is 86.6 cm³/mol. The van der Waals surface area contributed by atoms with Crippen LogP contribution in [0.1, 0.15) is 16.5 Å². The van der Waals surface area contributed by atoms with Crippen molar-refractivity contribution in [2.75, 3.05) is 20.2 Å². The summed E-state index contributed by atoms with van der Waals surface area (Å²) in [6.07, 6.45) is 3.71. The molecule has 1 saturated heterocycles. The van der Waals surface area contributed by atoms with Crippen LogP contribution in [0.3, 0.4) is 0 Å². The number of rotatable bonds is 3. The van der Waals surface area contributed by atoms with Crippen molar-refractivity contribution in [3.8, 4) is 5.75 Å². The van der Waals surface area contributed by atoms with E-state index in [0.717, 1.165) is 16.7 Å². The molecule has 6 nitrogen and oxygen atoms in total. The number of nitrogens with zero attached hydrogens (tertiary/aromatic N) is 4. The van der Waals surface area contributed by atoms with E-state index in [1.54, 1.807) is 13.3 Å². The number of amides is 1. The number of carbonyl (C=O) groups excluding carboxylic acids is 1. The fourth-order valence-electron chi connectivity index (χ4n) is 3.09. The third kappa shape index (κ3) is 2.18. The fraction of sp³-hybridized carbons (Fsp3) is 0.294. The Hall–Kier alpha value is -2.76. The Labute approximate surface area is 133 Å². The van der Waals surface area contributed by atoms with Gasteiger partial charge >= 0.3 is 0 Å². The zero-order chi connectivity index (χ0) is 16.0. The molecule has 4 rings (SSSR count). The minimum Gasteiger partial charge on any atom is -0.497 e. The first kappa shape index (κ1) is 13.9. The summed E-state index contributed by atoms with van der Waals surface area (Å²) in [6.45, 7) is 1.40. The number of aromatic nitrogens is 3. The number of likely N-dealkylation sites (tertiary alicyclic amines) is 1. The SMILES string of the molecule is COc1ccc2cc(C(=O)N3CC(n4cccn4)C3)n(C)c2c1. The molecule has 3 heterocycles. The summed E-state index contributed by atoms with van der Waals surface area (Å²) in [6, 6.07) is 9.97. The van der Waals surface area contributed by atoms with Crippen molar-refractivity contribution < 1.29 is 9.53 Å². The maximum atomic E-state index is 12.7. The number of ether oxygens (including phenoxy) is 1. The lowest BCUT2D eigenvalue weighted by Crippen LogP contribution is -2.51. The highest BCUT2D eigenvalue weighted by Crippen LogP contribution is 2.27. The summed E-state index contributed by atoms with van der Waals surface area (Å²) >= 11 is 0. The van der Waals surface area contributed by atoms with Crippen molar-refractivity contribution in [3.05, 3.63) is 48.4 Å². The van der Waals surface area contributed by atoms with E-state index in [2.05, 4.69) is 5.10 Å². The number of carbonyl (C=O) groups is 1. The number of fused-ring (bicyclic) bond motifs is 1. The van der Waals surface area contributed by atoms with E-state index in [9.17, 15) is 4.79 Å². The lowest BCUT2D eigenvalue weighted by molar-refractivity contribution is 0.0492. The summed E-state index contributed by atoms with van der Waals surface area (Å²) < 4.78 is 9.11. The van der Waals surface area contributed by atoms with Crippen LogP contribution >= 0.6 is 0 Å². The van der Waals surface area contributed by atoms with Crippen LogP contribution in [-0.2, 0) is 7.05 Å². The molecule has 6 heteroatoms. The molecule has 1 fully saturated rings. The van der Waals surface area contributed by atoms with Gasteiger partial charge in [-0.2, -0.15) is 5.10 Å². The molecule has 0 radical (unpaired) electrons. The van der Waals surface area contributed by atoms with Gasteiger partial charge in [-0.25, -0.2) is 0 Å². The highest BCUT2D eigenvalue weighted by molar-refractivity contribution is 5.99. The first-order valence-electron chi connectivity index (χ1n) is 7.59. The molecule has 0 spiro atoms. The zero-order valence-corrected chi connectivity index (χ0v) is 13.1. The Kier molecular flexibility index (Phi) is 3.11. The molecule has 3 aromatic rings. The van der Waals surface area contributed by atoms with Gasteiger partial charge in [-0.3, -0.25) is 9.48 Å². The molecular formula is C17H18N4O2. The Bertz CT molecular complexity index is 860. The third-order valence-corrected chi connectivity index (χ3v) is 4.52. The van der Waals surface area contributed by atoms with E-state index < -0.39 is 0 Å². The number of hydrogen-bond donors (Lipinski definition) is 0. The normalized spacial score (nSPS) is 15.0. The number of aryl methyl sites for hydroxylation is 1. The van der Waals surface area contributed by atoms with Crippen LogP contribution in [0, 0.1) is 0 Å².